The number of fused-ring (bicyclic) bond motifs is 3. The average Bonchev–Trinajstić information content (AvgIpc) is 3.12. The molecule has 0 saturated carbocycles. The highest BCUT2D eigenvalue weighted by molar-refractivity contribution is 5.90. The summed E-state index contributed by atoms with van der Waals surface area (Å²) in [4.78, 5) is 9.17. The number of phenolic OH excluding ortho intramolecular Hbond substituents is 2. The van der Waals surface area contributed by atoms with Crippen molar-refractivity contribution >= 4 is 16.8 Å². The lowest BCUT2D eigenvalue weighted by Gasteiger charge is -2.15. The lowest BCUT2D eigenvalue weighted by molar-refractivity contribution is 0.408. The van der Waals surface area contributed by atoms with Gasteiger partial charge in [0.05, 0.1) is 23.8 Å². The van der Waals surface area contributed by atoms with Crippen molar-refractivity contribution in [2.45, 2.75) is 0 Å². The van der Waals surface area contributed by atoms with Gasteiger partial charge in [0.15, 0.2) is 0 Å². The minimum atomic E-state index is 0.0923. The number of nitrogens with zero attached hydrogens (tertiary/aromatic N) is 3. The number of hydrogen-bond donors (Lipinski definition) is 2. The minimum Gasteiger partial charge on any atom is -0.508 e. The average molecular weight is 383 g/mol. The summed E-state index contributed by atoms with van der Waals surface area (Å²) in [5, 5.41) is 20.5. The Kier molecular flexibility index (Phi) is 3.84. The van der Waals surface area contributed by atoms with Crippen molar-refractivity contribution in [2.75, 3.05) is 7.11 Å². The number of benzene rings is 3. The number of rotatable bonds is 3. The molecular formula is C23H17N3O3. The smallest absolute Gasteiger partial charge is 0.235 e. The van der Waals surface area contributed by atoms with Crippen LogP contribution in [0.3, 0.4) is 0 Å². The van der Waals surface area contributed by atoms with E-state index in [0.29, 0.717) is 17.1 Å². The van der Waals surface area contributed by atoms with Gasteiger partial charge in [0.1, 0.15) is 17.2 Å². The summed E-state index contributed by atoms with van der Waals surface area (Å²) in [5.41, 5.74) is 4.76. The molecule has 5 aromatic rings. The molecule has 0 atom stereocenters. The first kappa shape index (κ1) is 17.1. The molecule has 0 radical (unpaired) electrons. The van der Waals surface area contributed by atoms with E-state index in [0.717, 1.165) is 27.9 Å². The van der Waals surface area contributed by atoms with Crippen LogP contribution < -0.4 is 4.74 Å². The summed E-state index contributed by atoms with van der Waals surface area (Å²) >= 11 is 0. The molecule has 0 fully saturated rings. The van der Waals surface area contributed by atoms with Crippen molar-refractivity contribution in [1.29, 1.82) is 0 Å². The number of aromatic nitrogens is 3. The maximum atomic E-state index is 10.8. The van der Waals surface area contributed by atoms with Gasteiger partial charge in [0, 0.05) is 23.4 Å². The molecule has 6 heteroatoms. The highest BCUT2D eigenvalue weighted by Gasteiger charge is 2.19. The van der Waals surface area contributed by atoms with E-state index in [1.54, 1.807) is 37.6 Å². The first-order valence-electron chi connectivity index (χ1n) is 9.08. The second kappa shape index (κ2) is 6.53. The molecule has 0 unspecified atom stereocenters. The Morgan fingerprint density at radius 1 is 0.897 bits per heavy atom. The van der Waals surface area contributed by atoms with Crippen LogP contribution in [0.25, 0.3) is 39.2 Å². The van der Waals surface area contributed by atoms with Crippen molar-refractivity contribution in [2.24, 2.45) is 0 Å². The van der Waals surface area contributed by atoms with Gasteiger partial charge < -0.3 is 14.9 Å². The summed E-state index contributed by atoms with van der Waals surface area (Å²) in [6.07, 6.45) is 1.74. The van der Waals surface area contributed by atoms with Crippen LogP contribution in [0.4, 0.5) is 0 Å². The Morgan fingerprint density at radius 2 is 1.69 bits per heavy atom. The third-order valence-corrected chi connectivity index (χ3v) is 4.97. The molecule has 0 aliphatic heterocycles. The zero-order chi connectivity index (χ0) is 20.0. The van der Waals surface area contributed by atoms with Crippen molar-refractivity contribution in [1.82, 2.24) is 14.4 Å². The molecule has 6 nitrogen and oxygen atoms in total. The summed E-state index contributed by atoms with van der Waals surface area (Å²) in [5.74, 6) is 1.39. The second-order valence-corrected chi connectivity index (χ2v) is 6.69. The van der Waals surface area contributed by atoms with E-state index >= 15 is 0 Å². The Labute approximate surface area is 166 Å². The van der Waals surface area contributed by atoms with E-state index in [1.807, 2.05) is 46.9 Å². The summed E-state index contributed by atoms with van der Waals surface area (Å²) in [7, 11) is 1.56. The highest BCUT2D eigenvalue weighted by atomic mass is 16.5. The fourth-order valence-electron chi connectivity index (χ4n) is 3.58. The topological polar surface area (TPSA) is 79.9 Å². The van der Waals surface area contributed by atoms with Crippen LogP contribution in [-0.2, 0) is 0 Å². The molecular weight excluding hydrogens is 366 g/mol. The predicted octanol–water partition coefficient (Wildman–Crippen LogP) is 4.64. The first-order chi connectivity index (χ1) is 14.2. The van der Waals surface area contributed by atoms with Gasteiger partial charge in [-0.1, -0.05) is 24.3 Å². The SMILES string of the molecule is COc1ccc(-c2c(-c3ccc(O)cc3)cnc3nc4ccccc4n23)c(O)c1. The predicted molar refractivity (Wildman–Crippen MR) is 111 cm³/mol. The molecule has 0 spiro atoms. The number of hydrogen-bond acceptors (Lipinski definition) is 5. The third kappa shape index (κ3) is 2.73. The molecule has 2 heterocycles. The van der Waals surface area contributed by atoms with Crippen LogP contribution in [-0.4, -0.2) is 31.7 Å². The molecule has 2 N–H and O–H groups in total. The van der Waals surface area contributed by atoms with Crippen molar-refractivity contribution in [3.8, 4) is 39.6 Å². The summed E-state index contributed by atoms with van der Waals surface area (Å²) in [6, 6.07) is 19.9. The molecule has 2 aromatic heterocycles. The van der Waals surface area contributed by atoms with Crippen molar-refractivity contribution in [3.63, 3.8) is 0 Å². The maximum absolute atomic E-state index is 10.8. The molecule has 0 amide bonds. The van der Waals surface area contributed by atoms with Crippen molar-refractivity contribution in [3.05, 3.63) is 72.9 Å². The fourth-order valence-corrected chi connectivity index (χ4v) is 3.58. The normalized spacial score (nSPS) is 11.2. The van der Waals surface area contributed by atoms with Gasteiger partial charge >= 0.3 is 0 Å². The molecule has 0 bridgehead atoms. The van der Waals surface area contributed by atoms with Crippen LogP contribution in [0.1, 0.15) is 0 Å². The molecule has 0 saturated heterocycles. The Hall–Kier alpha value is -4.06. The zero-order valence-electron chi connectivity index (χ0n) is 15.6. The van der Waals surface area contributed by atoms with E-state index in [4.69, 9.17) is 4.74 Å². The van der Waals surface area contributed by atoms with Crippen LogP contribution in [0, 0.1) is 0 Å². The summed E-state index contributed by atoms with van der Waals surface area (Å²) in [6.45, 7) is 0. The Bertz CT molecular complexity index is 1360. The number of aromatic hydroxyl groups is 2. The van der Waals surface area contributed by atoms with E-state index < -0.39 is 0 Å². The van der Waals surface area contributed by atoms with Crippen LogP contribution >= 0.6 is 0 Å². The molecule has 3 aromatic carbocycles. The molecule has 0 aliphatic carbocycles. The van der Waals surface area contributed by atoms with Gasteiger partial charge in [-0.15, -0.1) is 0 Å². The lowest BCUT2D eigenvalue weighted by Crippen LogP contribution is -1.99. The monoisotopic (exact) mass is 383 g/mol. The molecule has 5 rings (SSSR count). The maximum Gasteiger partial charge on any atom is 0.235 e. The molecule has 29 heavy (non-hydrogen) atoms. The van der Waals surface area contributed by atoms with E-state index in [9.17, 15) is 10.2 Å². The Morgan fingerprint density at radius 3 is 2.45 bits per heavy atom. The number of ether oxygens (including phenoxy) is 1. The lowest BCUT2D eigenvalue weighted by atomic mass is 9.99. The van der Waals surface area contributed by atoms with Gasteiger partial charge in [-0.05, 0) is 42.0 Å². The van der Waals surface area contributed by atoms with E-state index in [-0.39, 0.29) is 11.5 Å². The Balaban J connectivity index is 1.91. The van der Waals surface area contributed by atoms with Crippen LogP contribution in [0.5, 0.6) is 17.2 Å². The summed E-state index contributed by atoms with van der Waals surface area (Å²) < 4.78 is 7.18. The number of methoxy groups -OCH3 is 1. The standard InChI is InChI=1S/C23H17N3O3/c1-29-16-10-11-17(21(28)12-16)22-18(14-6-8-15(27)9-7-14)13-24-23-25-19-4-2-3-5-20(19)26(22)23/h2-13,27-28H,1H3. The van der Waals surface area contributed by atoms with Gasteiger partial charge in [-0.3, -0.25) is 4.40 Å². The number of para-hydroxylation sites is 2. The zero-order valence-corrected chi connectivity index (χ0v) is 15.6. The second-order valence-electron chi connectivity index (χ2n) is 6.69. The van der Waals surface area contributed by atoms with E-state index in [2.05, 4.69) is 9.97 Å². The van der Waals surface area contributed by atoms with E-state index in [1.165, 1.54) is 0 Å². The largest absolute Gasteiger partial charge is 0.508 e. The number of imidazole rings is 1. The van der Waals surface area contributed by atoms with Gasteiger partial charge in [0.25, 0.3) is 0 Å². The highest BCUT2D eigenvalue weighted by Crippen LogP contribution is 2.39. The van der Waals surface area contributed by atoms with Crippen LogP contribution in [0.2, 0.25) is 0 Å². The van der Waals surface area contributed by atoms with Gasteiger partial charge in [0.2, 0.25) is 5.78 Å². The quantitative estimate of drug-likeness (QED) is 0.475. The van der Waals surface area contributed by atoms with Crippen LogP contribution in [0.15, 0.2) is 72.9 Å². The van der Waals surface area contributed by atoms with Gasteiger partial charge in [-0.25, -0.2) is 9.97 Å². The van der Waals surface area contributed by atoms with Crippen molar-refractivity contribution < 1.29 is 14.9 Å². The number of phenols is 2. The van der Waals surface area contributed by atoms with Gasteiger partial charge in [-0.2, -0.15) is 0 Å². The molecule has 142 valence electrons. The third-order valence-electron chi connectivity index (χ3n) is 4.97. The molecule has 0 aliphatic rings. The fraction of sp³-hybridized carbons (Fsp3) is 0.0435. The minimum absolute atomic E-state index is 0.0923. The first-order valence-corrected chi connectivity index (χ1v) is 9.08.